The minimum Gasteiger partial charge on any atom is -0.485 e. The van der Waals surface area contributed by atoms with Gasteiger partial charge in [0.1, 0.15) is 18.7 Å². The molecular formula is C13H15Br2N3O. The molecule has 6 heteroatoms. The topological polar surface area (TPSA) is 39.9 Å². The number of ether oxygens (including phenoxy) is 1. The number of hydrogen-bond donors (Lipinski definition) is 0. The lowest BCUT2D eigenvalue weighted by atomic mass is 10.1. The van der Waals surface area contributed by atoms with Crippen molar-refractivity contribution < 1.29 is 4.74 Å². The first-order valence-electron chi connectivity index (χ1n) is 6.00. The van der Waals surface area contributed by atoms with Crippen LogP contribution in [0.1, 0.15) is 23.9 Å². The van der Waals surface area contributed by atoms with Gasteiger partial charge in [-0.3, -0.25) is 0 Å². The van der Waals surface area contributed by atoms with Gasteiger partial charge in [-0.05, 0) is 31.5 Å². The number of nitrogens with zero attached hydrogens (tertiary/aromatic N) is 3. The molecule has 0 unspecified atom stereocenters. The van der Waals surface area contributed by atoms with Gasteiger partial charge in [-0.2, -0.15) is 5.10 Å². The second kappa shape index (κ2) is 6.52. The Kier molecular flexibility index (Phi) is 4.99. The molecule has 0 N–H and O–H groups in total. The van der Waals surface area contributed by atoms with Crippen molar-refractivity contribution in [2.24, 2.45) is 0 Å². The summed E-state index contributed by atoms with van der Waals surface area (Å²) < 4.78 is 8.82. The van der Waals surface area contributed by atoms with E-state index in [1.54, 1.807) is 6.33 Å². The van der Waals surface area contributed by atoms with Crippen LogP contribution in [0.3, 0.4) is 0 Å². The molecule has 0 saturated carbocycles. The van der Waals surface area contributed by atoms with Crippen LogP contribution in [0, 0.1) is 6.92 Å². The van der Waals surface area contributed by atoms with Crippen molar-refractivity contribution in [3.05, 3.63) is 39.9 Å². The van der Waals surface area contributed by atoms with E-state index in [0.717, 1.165) is 39.0 Å². The monoisotopic (exact) mass is 387 g/mol. The second-order valence-electron chi connectivity index (χ2n) is 4.13. The van der Waals surface area contributed by atoms with Crippen LogP contribution in [0.4, 0.5) is 0 Å². The second-order valence-corrected chi connectivity index (χ2v) is 5.60. The van der Waals surface area contributed by atoms with Crippen LogP contribution in [0.25, 0.3) is 0 Å². The van der Waals surface area contributed by atoms with E-state index >= 15 is 0 Å². The van der Waals surface area contributed by atoms with Crippen molar-refractivity contribution in [1.82, 2.24) is 14.8 Å². The van der Waals surface area contributed by atoms with Crippen molar-refractivity contribution in [3.63, 3.8) is 0 Å². The Bertz CT molecular complexity index is 569. The molecule has 1 aromatic heterocycles. The van der Waals surface area contributed by atoms with Gasteiger partial charge in [0.25, 0.3) is 0 Å². The maximum absolute atomic E-state index is 5.93. The van der Waals surface area contributed by atoms with Crippen molar-refractivity contribution in [3.8, 4) is 5.75 Å². The van der Waals surface area contributed by atoms with Gasteiger partial charge in [-0.25, -0.2) is 9.67 Å². The van der Waals surface area contributed by atoms with Gasteiger partial charge < -0.3 is 4.74 Å². The average Bonchev–Trinajstić information content (AvgIpc) is 2.84. The summed E-state index contributed by atoms with van der Waals surface area (Å²) in [6, 6.07) is 4.10. The third-order valence-corrected chi connectivity index (χ3v) is 3.86. The molecule has 4 nitrogen and oxygen atoms in total. The zero-order valence-corrected chi connectivity index (χ0v) is 14.0. The zero-order chi connectivity index (χ0) is 13.8. The van der Waals surface area contributed by atoms with Crippen molar-refractivity contribution in [2.75, 3.05) is 0 Å². The SMILES string of the molecule is CCn1ncnc1COc1c(C)cc(Br)cc1CBr. The van der Waals surface area contributed by atoms with Gasteiger partial charge in [0.05, 0.1) is 0 Å². The summed E-state index contributed by atoms with van der Waals surface area (Å²) in [5, 5.41) is 4.89. The lowest BCUT2D eigenvalue weighted by Gasteiger charge is -2.13. The summed E-state index contributed by atoms with van der Waals surface area (Å²) >= 11 is 6.99. The Labute approximate surface area is 129 Å². The molecule has 0 spiro atoms. The molecule has 102 valence electrons. The van der Waals surface area contributed by atoms with Gasteiger partial charge in [0.15, 0.2) is 5.82 Å². The lowest BCUT2D eigenvalue weighted by molar-refractivity contribution is 0.283. The molecule has 0 fully saturated rings. The molecule has 0 saturated heterocycles. The molecule has 0 amide bonds. The normalized spacial score (nSPS) is 10.7. The first kappa shape index (κ1) is 14.5. The largest absolute Gasteiger partial charge is 0.485 e. The van der Waals surface area contributed by atoms with Crippen molar-refractivity contribution in [2.45, 2.75) is 32.3 Å². The fourth-order valence-corrected chi connectivity index (χ4v) is 2.94. The number of rotatable bonds is 5. The van der Waals surface area contributed by atoms with Crippen molar-refractivity contribution in [1.29, 1.82) is 0 Å². The Morgan fingerprint density at radius 1 is 1.37 bits per heavy atom. The molecule has 0 aliphatic heterocycles. The van der Waals surface area contributed by atoms with Gasteiger partial charge >= 0.3 is 0 Å². The molecule has 0 aliphatic carbocycles. The third kappa shape index (κ3) is 3.36. The summed E-state index contributed by atoms with van der Waals surface area (Å²) in [5.74, 6) is 1.75. The standard InChI is InChI=1S/C13H15Br2N3O/c1-3-18-12(16-8-17-18)7-19-13-9(2)4-11(15)5-10(13)6-14/h4-5,8H,3,6-7H2,1-2H3. The predicted molar refractivity (Wildman–Crippen MR) is 81.5 cm³/mol. The number of hydrogen-bond acceptors (Lipinski definition) is 3. The molecule has 1 heterocycles. The summed E-state index contributed by atoms with van der Waals surface area (Å²) in [6.07, 6.45) is 1.56. The highest BCUT2D eigenvalue weighted by molar-refractivity contribution is 9.10. The highest BCUT2D eigenvalue weighted by Gasteiger charge is 2.10. The van der Waals surface area contributed by atoms with E-state index in [0.29, 0.717) is 6.61 Å². The Hall–Kier alpha value is -0.880. The quantitative estimate of drug-likeness (QED) is 0.730. The van der Waals surface area contributed by atoms with Crippen molar-refractivity contribution >= 4 is 31.9 Å². The van der Waals surface area contributed by atoms with E-state index in [1.807, 2.05) is 24.6 Å². The molecule has 2 aromatic rings. The summed E-state index contributed by atoms with van der Waals surface area (Å²) in [5.41, 5.74) is 2.22. The molecule has 0 aliphatic rings. The fraction of sp³-hybridized carbons (Fsp3) is 0.385. The van der Waals surface area contributed by atoms with E-state index in [-0.39, 0.29) is 0 Å². The number of benzene rings is 1. The minimum atomic E-state index is 0.427. The fourth-order valence-electron chi connectivity index (χ4n) is 1.91. The maximum atomic E-state index is 5.93. The van der Waals surface area contributed by atoms with E-state index < -0.39 is 0 Å². The predicted octanol–water partition coefficient (Wildman–Crippen LogP) is 3.84. The van der Waals surface area contributed by atoms with E-state index in [9.17, 15) is 0 Å². The molecule has 0 bridgehead atoms. The number of aryl methyl sites for hydroxylation is 2. The van der Waals surface area contributed by atoms with Crippen LogP contribution in [-0.2, 0) is 18.5 Å². The van der Waals surface area contributed by atoms with Gasteiger partial charge in [0.2, 0.25) is 0 Å². The molecule has 0 radical (unpaired) electrons. The van der Waals surface area contributed by atoms with Crippen LogP contribution in [0.5, 0.6) is 5.75 Å². The third-order valence-electron chi connectivity index (χ3n) is 2.80. The number of aromatic nitrogens is 3. The van der Waals surface area contributed by atoms with E-state index in [1.165, 1.54) is 0 Å². The average molecular weight is 389 g/mol. The number of alkyl halides is 1. The van der Waals surface area contributed by atoms with Crippen LogP contribution in [-0.4, -0.2) is 14.8 Å². The Morgan fingerprint density at radius 3 is 2.84 bits per heavy atom. The van der Waals surface area contributed by atoms with E-state index in [2.05, 4.69) is 48.0 Å². The first-order valence-corrected chi connectivity index (χ1v) is 7.91. The first-order chi connectivity index (χ1) is 9.15. The zero-order valence-electron chi connectivity index (χ0n) is 10.9. The summed E-state index contributed by atoms with van der Waals surface area (Å²) in [6.45, 7) is 5.30. The Balaban J connectivity index is 2.20. The Morgan fingerprint density at radius 2 is 2.16 bits per heavy atom. The molecule has 2 rings (SSSR count). The molecule has 0 atom stereocenters. The van der Waals surface area contributed by atoms with Gasteiger partial charge in [0, 0.05) is 21.9 Å². The molecular weight excluding hydrogens is 374 g/mol. The van der Waals surface area contributed by atoms with Crippen LogP contribution in [0.15, 0.2) is 22.9 Å². The maximum Gasteiger partial charge on any atom is 0.164 e. The summed E-state index contributed by atoms with van der Waals surface area (Å²) in [7, 11) is 0. The highest BCUT2D eigenvalue weighted by Crippen LogP contribution is 2.30. The van der Waals surface area contributed by atoms with E-state index in [4.69, 9.17) is 4.74 Å². The van der Waals surface area contributed by atoms with Gasteiger partial charge in [-0.1, -0.05) is 31.9 Å². The smallest absolute Gasteiger partial charge is 0.164 e. The molecule has 19 heavy (non-hydrogen) atoms. The lowest BCUT2D eigenvalue weighted by Crippen LogP contribution is -2.08. The molecule has 1 aromatic carbocycles. The highest BCUT2D eigenvalue weighted by atomic mass is 79.9. The summed E-state index contributed by atoms with van der Waals surface area (Å²) in [4.78, 5) is 4.21. The van der Waals surface area contributed by atoms with Crippen LogP contribution < -0.4 is 4.74 Å². The van der Waals surface area contributed by atoms with Gasteiger partial charge in [-0.15, -0.1) is 0 Å². The number of halogens is 2. The van der Waals surface area contributed by atoms with Crippen LogP contribution >= 0.6 is 31.9 Å². The van der Waals surface area contributed by atoms with Crippen LogP contribution in [0.2, 0.25) is 0 Å². The minimum absolute atomic E-state index is 0.427.